The van der Waals surface area contributed by atoms with Gasteiger partial charge in [-0.05, 0) is 36.4 Å². The molecule has 164 valence electrons. The molecule has 1 atom stereocenters. The highest BCUT2D eigenvalue weighted by molar-refractivity contribution is 5.79. The summed E-state index contributed by atoms with van der Waals surface area (Å²) in [6.07, 6.45) is 4.49. The average Bonchev–Trinajstić information content (AvgIpc) is 3.19. The molecule has 0 amide bonds. The first kappa shape index (κ1) is 22.3. The SMILES string of the molecule is CN=C(NCc1ccc(CN2CCCC(C)C2)cc1)NCc1ncc(C(C)(C)C)o1. The zero-order chi connectivity index (χ0) is 21.6. The molecular weight excluding hydrogens is 374 g/mol. The quantitative estimate of drug-likeness (QED) is 0.554. The van der Waals surface area contributed by atoms with Gasteiger partial charge in [-0.15, -0.1) is 0 Å². The van der Waals surface area contributed by atoms with Crippen molar-refractivity contribution in [3.8, 4) is 0 Å². The van der Waals surface area contributed by atoms with Gasteiger partial charge in [-0.3, -0.25) is 9.89 Å². The van der Waals surface area contributed by atoms with Crippen molar-refractivity contribution in [2.75, 3.05) is 20.1 Å². The summed E-state index contributed by atoms with van der Waals surface area (Å²) in [5, 5.41) is 6.63. The number of piperidine rings is 1. The molecule has 1 aliphatic rings. The fraction of sp³-hybridized carbons (Fsp3) is 0.583. The number of likely N-dealkylation sites (tertiary alicyclic amines) is 1. The second-order valence-electron chi connectivity index (χ2n) is 9.45. The van der Waals surface area contributed by atoms with E-state index in [0.29, 0.717) is 12.4 Å². The van der Waals surface area contributed by atoms with Crippen molar-refractivity contribution >= 4 is 5.96 Å². The molecular formula is C24H37N5O. The number of hydrogen-bond donors (Lipinski definition) is 2. The molecule has 3 rings (SSSR count). The van der Waals surface area contributed by atoms with Crippen LogP contribution in [0.1, 0.15) is 63.3 Å². The summed E-state index contributed by atoms with van der Waals surface area (Å²) in [4.78, 5) is 11.2. The molecule has 1 aromatic heterocycles. The zero-order valence-corrected chi connectivity index (χ0v) is 19.2. The predicted molar refractivity (Wildman–Crippen MR) is 122 cm³/mol. The fourth-order valence-electron chi connectivity index (χ4n) is 3.76. The van der Waals surface area contributed by atoms with Crippen LogP contribution < -0.4 is 10.6 Å². The van der Waals surface area contributed by atoms with Crippen molar-refractivity contribution in [1.82, 2.24) is 20.5 Å². The number of hydrogen-bond acceptors (Lipinski definition) is 4. The molecule has 0 aliphatic carbocycles. The summed E-state index contributed by atoms with van der Waals surface area (Å²) in [6.45, 7) is 13.4. The van der Waals surface area contributed by atoms with Gasteiger partial charge in [0.25, 0.3) is 0 Å². The molecule has 2 aromatic rings. The largest absolute Gasteiger partial charge is 0.443 e. The third-order valence-corrected chi connectivity index (χ3v) is 5.55. The van der Waals surface area contributed by atoms with Crippen molar-refractivity contribution in [2.24, 2.45) is 10.9 Å². The number of aliphatic imine (C=N–C) groups is 1. The highest BCUT2D eigenvalue weighted by atomic mass is 16.4. The lowest BCUT2D eigenvalue weighted by Gasteiger charge is -2.30. The smallest absolute Gasteiger partial charge is 0.213 e. The van der Waals surface area contributed by atoms with Crippen LogP contribution in [0.4, 0.5) is 0 Å². The van der Waals surface area contributed by atoms with E-state index in [-0.39, 0.29) is 5.41 Å². The van der Waals surface area contributed by atoms with Crippen LogP contribution in [-0.2, 0) is 25.0 Å². The van der Waals surface area contributed by atoms with E-state index in [1.807, 2.05) is 0 Å². The molecule has 1 aliphatic heterocycles. The van der Waals surface area contributed by atoms with Gasteiger partial charge in [0, 0.05) is 32.1 Å². The van der Waals surface area contributed by atoms with Crippen molar-refractivity contribution in [1.29, 1.82) is 0 Å². The van der Waals surface area contributed by atoms with Crippen molar-refractivity contribution in [3.63, 3.8) is 0 Å². The first-order chi connectivity index (χ1) is 14.3. The van der Waals surface area contributed by atoms with Gasteiger partial charge in [0.15, 0.2) is 5.96 Å². The summed E-state index contributed by atoms with van der Waals surface area (Å²) in [6, 6.07) is 8.89. The minimum atomic E-state index is -0.0381. The molecule has 0 spiro atoms. The van der Waals surface area contributed by atoms with Crippen LogP contribution in [0.25, 0.3) is 0 Å². The number of nitrogens with zero attached hydrogens (tertiary/aromatic N) is 3. The van der Waals surface area contributed by atoms with E-state index in [1.165, 1.54) is 37.1 Å². The molecule has 2 heterocycles. The van der Waals surface area contributed by atoms with Crippen molar-refractivity contribution in [3.05, 3.63) is 53.2 Å². The summed E-state index contributed by atoms with van der Waals surface area (Å²) in [7, 11) is 1.77. The molecule has 6 nitrogen and oxygen atoms in total. The molecule has 6 heteroatoms. The molecule has 30 heavy (non-hydrogen) atoms. The molecule has 1 unspecified atom stereocenters. The van der Waals surface area contributed by atoms with Gasteiger partial charge < -0.3 is 15.1 Å². The van der Waals surface area contributed by atoms with Crippen molar-refractivity contribution < 1.29 is 4.42 Å². The van der Waals surface area contributed by atoms with Gasteiger partial charge >= 0.3 is 0 Å². The number of guanidine groups is 1. The van der Waals surface area contributed by atoms with Crippen LogP contribution in [0, 0.1) is 5.92 Å². The average molecular weight is 412 g/mol. The molecule has 0 bridgehead atoms. The van der Waals surface area contributed by atoms with Crippen LogP contribution in [-0.4, -0.2) is 36.0 Å². The van der Waals surface area contributed by atoms with E-state index < -0.39 is 0 Å². The Kier molecular flexibility index (Phi) is 7.53. The summed E-state index contributed by atoms with van der Waals surface area (Å²) in [5.41, 5.74) is 2.58. The van der Waals surface area contributed by atoms with E-state index >= 15 is 0 Å². The maximum absolute atomic E-state index is 5.83. The second kappa shape index (κ2) is 10.1. The lowest BCUT2D eigenvalue weighted by Crippen LogP contribution is -2.36. The Morgan fingerprint density at radius 3 is 2.50 bits per heavy atom. The van der Waals surface area contributed by atoms with E-state index in [9.17, 15) is 0 Å². The lowest BCUT2D eigenvalue weighted by atomic mass is 9.94. The first-order valence-corrected chi connectivity index (χ1v) is 11.0. The van der Waals surface area contributed by atoms with Crippen molar-refractivity contribution in [2.45, 2.75) is 65.6 Å². The van der Waals surface area contributed by atoms with E-state index in [4.69, 9.17) is 4.42 Å². The summed E-state index contributed by atoms with van der Waals surface area (Å²) >= 11 is 0. The summed E-state index contributed by atoms with van der Waals surface area (Å²) in [5.74, 6) is 3.11. The van der Waals surface area contributed by atoms with Gasteiger partial charge in [-0.2, -0.15) is 0 Å². The summed E-state index contributed by atoms with van der Waals surface area (Å²) < 4.78 is 5.83. The lowest BCUT2D eigenvalue weighted by molar-refractivity contribution is 0.176. The highest BCUT2D eigenvalue weighted by Crippen LogP contribution is 2.22. The van der Waals surface area contributed by atoms with Crippen LogP contribution in [0.3, 0.4) is 0 Å². The molecule has 0 saturated carbocycles. The van der Waals surface area contributed by atoms with E-state index in [1.54, 1.807) is 13.2 Å². The Bertz CT molecular complexity index is 819. The topological polar surface area (TPSA) is 65.7 Å². The van der Waals surface area contributed by atoms with Gasteiger partial charge in [0.05, 0.1) is 12.7 Å². The van der Waals surface area contributed by atoms with Crippen LogP contribution in [0.2, 0.25) is 0 Å². The van der Waals surface area contributed by atoms with Gasteiger partial charge in [0.2, 0.25) is 5.89 Å². The Morgan fingerprint density at radius 2 is 1.87 bits per heavy atom. The maximum Gasteiger partial charge on any atom is 0.213 e. The van der Waals surface area contributed by atoms with Gasteiger partial charge in [-0.25, -0.2) is 4.98 Å². The van der Waals surface area contributed by atoms with Crippen LogP contribution in [0.5, 0.6) is 0 Å². The molecule has 2 N–H and O–H groups in total. The van der Waals surface area contributed by atoms with Crippen LogP contribution in [0.15, 0.2) is 39.9 Å². The fourth-order valence-corrected chi connectivity index (χ4v) is 3.76. The van der Waals surface area contributed by atoms with Gasteiger partial charge in [0.1, 0.15) is 5.76 Å². The predicted octanol–water partition coefficient (Wildman–Crippen LogP) is 4.07. The standard InChI is InChI=1S/C24H37N5O/c1-18-7-6-12-29(16-18)17-20-10-8-19(9-11-20)13-27-23(25-5)28-15-22-26-14-21(30-22)24(2,3)4/h8-11,14,18H,6-7,12-13,15-17H2,1-5H3,(H2,25,27,28). The third kappa shape index (κ3) is 6.59. The minimum Gasteiger partial charge on any atom is -0.443 e. The first-order valence-electron chi connectivity index (χ1n) is 11.0. The molecule has 1 aromatic carbocycles. The van der Waals surface area contributed by atoms with E-state index in [2.05, 4.69) is 77.5 Å². The number of benzene rings is 1. The second-order valence-corrected chi connectivity index (χ2v) is 9.45. The van der Waals surface area contributed by atoms with E-state index in [0.717, 1.165) is 30.7 Å². The number of nitrogens with one attached hydrogen (secondary N) is 2. The normalized spacial score (nSPS) is 18.4. The minimum absolute atomic E-state index is 0.0381. The monoisotopic (exact) mass is 411 g/mol. The number of rotatable bonds is 6. The number of oxazole rings is 1. The third-order valence-electron chi connectivity index (χ3n) is 5.55. The Balaban J connectivity index is 1.45. The molecule has 1 saturated heterocycles. The zero-order valence-electron chi connectivity index (χ0n) is 19.2. The van der Waals surface area contributed by atoms with Gasteiger partial charge in [-0.1, -0.05) is 52.0 Å². The Morgan fingerprint density at radius 1 is 1.17 bits per heavy atom. The molecule has 1 fully saturated rings. The highest BCUT2D eigenvalue weighted by Gasteiger charge is 2.19. The Labute approximate surface area is 181 Å². The Hall–Kier alpha value is -2.34. The van der Waals surface area contributed by atoms with Crippen LogP contribution >= 0.6 is 0 Å². The number of aromatic nitrogens is 1. The maximum atomic E-state index is 5.83. The molecule has 0 radical (unpaired) electrons.